The summed E-state index contributed by atoms with van der Waals surface area (Å²) in [5, 5.41) is 10.9. The van der Waals surface area contributed by atoms with Gasteiger partial charge in [0.1, 0.15) is 0 Å². The van der Waals surface area contributed by atoms with Crippen LogP contribution in [0.25, 0.3) is 0 Å². The molecule has 0 fully saturated rings. The third kappa shape index (κ3) is 7.16. The number of nitrogens with zero attached hydrogens (tertiary/aromatic N) is 3. The molecule has 1 unspecified atom stereocenters. The van der Waals surface area contributed by atoms with E-state index in [1.807, 2.05) is 16.9 Å². The SMILES string of the molecule is CCNC(=NCCn1cccn1)NC(C)CCC(C)C. The molecule has 1 aromatic rings. The summed E-state index contributed by atoms with van der Waals surface area (Å²) in [5.74, 6) is 1.65. The first-order chi connectivity index (χ1) is 9.61. The van der Waals surface area contributed by atoms with E-state index in [0.29, 0.717) is 6.04 Å². The number of hydrogen-bond acceptors (Lipinski definition) is 2. The summed E-state index contributed by atoms with van der Waals surface area (Å²) in [5.41, 5.74) is 0. The molecule has 0 aliphatic carbocycles. The van der Waals surface area contributed by atoms with Gasteiger partial charge in [0.05, 0.1) is 13.1 Å². The van der Waals surface area contributed by atoms with Gasteiger partial charge in [-0.25, -0.2) is 0 Å². The Labute approximate surface area is 122 Å². The average Bonchev–Trinajstić information content (AvgIpc) is 2.89. The van der Waals surface area contributed by atoms with Crippen molar-refractivity contribution in [3.8, 4) is 0 Å². The van der Waals surface area contributed by atoms with E-state index in [2.05, 4.69) is 48.4 Å². The predicted molar refractivity (Wildman–Crippen MR) is 84.9 cm³/mol. The van der Waals surface area contributed by atoms with Crippen LogP contribution in [0.15, 0.2) is 23.5 Å². The Kier molecular flexibility index (Phi) is 7.77. The molecule has 1 rings (SSSR count). The molecule has 0 radical (unpaired) electrons. The lowest BCUT2D eigenvalue weighted by atomic mass is 10.0. The average molecular weight is 279 g/mol. The maximum Gasteiger partial charge on any atom is 0.191 e. The van der Waals surface area contributed by atoms with Gasteiger partial charge in [0.2, 0.25) is 0 Å². The van der Waals surface area contributed by atoms with Crippen molar-refractivity contribution in [2.45, 2.75) is 53.1 Å². The van der Waals surface area contributed by atoms with E-state index in [9.17, 15) is 0 Å². The van der Waals surface area contributed by atoms with E-state index in [1.54, 1.807) is 6.20 Å². The number of rotatable bonds is 8. The molecule has 0 amide bonds. The molecule has 20 heavy (non-hydrogen) atoms. The van der Waals surface area contributed by atoms with Crippen molar-refractivity contribution in [2.75, 3.05) is 13.1 Å². The Morgan fingerprint density at radius 1 is 1.30 bits per heavy atom. The molecular weight excluding hydrogens is 250 g/mol. The van der Waals surface area contributed by atoms with Gasteiger partial charge in [0, 0.05) is 25.0 Å². The van der Waals surface area contributed by atoms with E-state index in [0.717, 1.165) is 31.5 Å². The lowest BCUT2D eigenvalue weighted by molar-refractivity contribution is 0.488. The zero-order valence-corrected chi connectivity index (χ0v) is 13.3. The molecule has 0 aliphatic rings. The van der Waals surface area contributed by atoms with Crippen molar-refractivity contribution in [1.82, 2.24) is 20.4 Å². The fourth-order valence-corrected chi connectivity index (χ4v) is 1.91. The summed E-state index contributed by atoms with van der Waals surface area (Å²) in [7, 11) is 0. The lowest BCUT2D eigenvalue weighted by Gasteiger charge is -2.18. The molecule has 0 aliphatic heterocycles. The van der Waals surface area contributed by atoms with Crippen LogP contribution >= 0.6 is 0 Å². The third-order valence-electron chi connectivity index (χ3n) is 3.06. The van der Waals surface area contributed by atoms with Gasteiger partial charge in [-0.15, -0.1) is 0 Å². The van der Waals surface area contributed by atoms with Gasteiger partial charge in [-0.05, 0) is 38.7 Å². The minimum Gasteiger partial charge on any atom is -0.357 e. The minimum absolute atomic E-state index is 0.444. The molecule has 0 saturated heterocycles. The van der Waals surface area contributed by atoms with Gasteiger partial charge in [-0.3, -0.25) is 9.67 Å². The fraction of sp³-hybridized carbons (Fsp3) is 0.733. The molecule has 0 aromatic carbocycles. The highest BCUT2D eigenvalue weighted by Crippen LogP contribution is 2.06. The van der Waals surface area contributed by atoms with Gasteiger partial charge in [-0.1, -0.05) is 13.8 Å². The monoisotopic (exact) mass is 279 g/mol. The van der Waals surface area contributed by atoms with Crippen LogP contribution < -0.4 is 10.6 Å². The number of hydrogen-bond donors (Lipinski definition) is 2. The normalized spacial score (nSPS) is 13.6. The summed E-state index contributed by atoms with van der Waals surface area (Å²) < 4.78 is 1.90. The molecule has 114 valence electrons. The Bertz CT molecular complexity index is 370. The first-order valence-corrected chi connectivity index (χ1v) is 7.64. The van der Waals surface area contributed by atoms with Gasteiger partial charge < -0.3 is 10.6 Å². The first kappa shape index (κ1) is 16.5. The molecule has 1 aromatic heterocycles. The van der Waals surface area contributed by atoms with Crippen molar-refractivity contribution < 1.29 is 0 Å². The molecule has 5 nitrogen and oxygen atoms in total. The molecule has 0 bridgehead atoms. The quantitative estimate of drug-likeness (QED) is 0.567. The van der Waals surface area contributed by atoms with Crippen LogP contribution in [-0.2, 0) is 6.54 Å². The second kappa shape index (κ2) is 9.39. The smallest absolute Gasteiger partial charge is 0.191 e. The topological polar surface area (TPSA) is 54.2 Å². The highest BCUT2D eigenvalue weighted by molar-refractivity contribution is 5.79. The number of guanidine groups is 1. The summed E-state index contributed by atoms with van der Waals surface area (Å²) in [6.45, 7) is 11.2. The molecule has 0 spiro atoms. The zero-order valence-electron chi connectivity index (χ0n) is 13.3. The van der Waals surface area contributed by atoms with Crippen molar-refractivity contribution >= 4 is 5.96 Å². The minimum atomic E-state index is 0.444. The molecule has 2 N–H and O–H groups in total. The second-order valence-corrected chi connectivity index (χ2v) is 5.55. The molecule has 1 heterocycles. The van der Waals surface area contributed by atoms with E-state index in [1.165, 1.54) is 12.8 Å². The number of nitrogens with one attached hydrogen (secondary N) is 2. The highest BCUT2D eigenvalue weighted by Gasteiger charge is 2.06. The van der Waals surface area contributed by atoms with Crippen molar-refractivity contribution in [3.63, 3.8) is 0 Å². The Morgan fingerprint density at radius 3 is 2.70 bits per heavy atom. The van der Waals surface area contributed by atoms with Crippen LogP contribution in [0.5, 0.6) is 0 Å². The fourth-order valence-electron chi connectivity index (χ4n) is 1.91. The maximum absolute atomic E-state index is 4.59. The molecule has 5 heteroatoms. The van der Waals surface area contributed by atoms with Crippen LogP contribution in [0, 0.1) is 5.92 Å². The van der Waals surface area contributed by atoms with Crippen molar-refractivity contribution in [2.24, 2.45) is 10.9 Å². The largest absolute Gasteiger partial charge is 0.357 e. The summed E-state index contributed by atoms with van der Waals surface area (Å²) in [6, 6.07) is 2.38. The lowest BCUT2D eigenvalue weighted by Crippen LogP contribution is -2.42. The van der Waals surface area contributed by atoms with E-state index in [4.69, 9.17) is 0 Å². The number of aliphatic imine (C=N–C) groups is 1. The van der Waals surface area contributed by atoms with Gasteiger partial charge >= 0.3 is 0 Å². The highest BCUT2D eigenvalue weighted by atomic mass is 15.3. The van der Waals surface area contributed by atoms with E-state index in [-0.39, 0.29) is 0 Å². The summed E-state index contributed by atoms with van der Waals surface area (Å²) in [6.07, 6.45) is 6.16. The Hall–Kier alpha value is -1.52. The zero-order chi connectivity index (χ0) is 14.8. The summed E-state index contributed by atoms with van der Waals surface area (Å²) in [4.78, 5) is 4.59. The maximum atomic E-state index is 4.59. The standard InChI is InChI=1S/C15H29N5/c1-5-16-15(19-14(4)8-7-13(2)3)17-10-12-20-11-6-9-18-20/h6,9,11,13-14H,5,7-8,10,12H2,1-4H3,(H2,16,17,19). The van der Waals surface area contributed by atoms with Crippen molar-refractivity contribution in [1.29, 1.82) is 0 Å². The summed E-state index contributed by atoms with van der Waals surface area (Å²) >= 11 is 0. The van der Waals surface area contributed by atoms with Crippen LogP contribution in [-0.4, -0.2) is 34.9 Å². The molecular formula is C15H29N5. The molecule has 0 saturated carbocycles. The van der Waals surface area contributed by atoms with Crippen LogP contribution in [0.1, 0.15) is 40.5 Å². The van der Waals surface area contributed by atoms with Gasteiger partial charge in [0.15, 0.2) is 5.96 Å². The van der Waals surface area contributed by atoms with Crippen LogP contribution in [0.4, 0.5) is 0 Å². The predicted octanol–water partition coefficient (Wildman–Crippen LogP) is 2.26. The Morgan fingerprint density at radius 2 is 2.10 bits per heavy atom. The first-order valence-electron chi connectivity index (χ1n) is 7.64. The van der Waals surface area contributed by atoms with Crippen molar-refractivity contribution in [3.05, 3.63) is 18.5 Å². The third-order valence-corrected chi connectivity index (χ3v) is 3.06. The van der Waals surface area contributed by atoms with Gasteiger partial charge in [0.25, 0.3) is 0 Å². The number of aromatic nitrogens is 2. The van der Waals surface area contributed by atoms with E-state index < -0.39 is 0 Å². The van der Waals surface area contributed by atoms with E-state index >= 15 is 0 Å². The second-order valence-electron chi connectivity index (χ2n) is 5.55. The Balaban J connectivity index is 2.37. The van der Waals surface area contributed by atoms with Crippen LogP contribution in [0.3, 0.4) is 0 Å². The molecule has 1 atom stereocenters. The van der Waals surface area contributed by atoms with Gasteiger partial charge in [-0.2, -0.15) is 5.10 Å². The van der Waals surface area contributed by atoms with Crippen LogP contribution in [0.2, 0.25) is 0 Å².